The van der Waals surface area contributed by atoms with E-state index in [-0.39, 0.29) is 6.04 Å². The minimum atomic E-state index is -5.35. The monoisotopic (exact) mass is 386 g/mol. The summed E-state index contributed by atoms with van der Waals surface area (Å²) in [5.41, 5.74) is -4.96. The number of benzene rings is 1. The van der Waals surface area contributed by atoms with E-state index < -0.39 is 20.2 Å². The molecule has 10 heteroatoms. The van der Waals surface area contributed by atoms with E-state index in [9.17, 15) is 21.6 Å². The van der Waals surface area contributed by atoms with E-state index in [1.54, 1.807) is 24.5 Å². The topological polar surface area (TPSA) is 75.2 Å². The van der Waals surface area contributed by atoms with Crippen molar-refractivity contribution in [1.29, 1.82) is 0 Å². The molecule has 0 amide bonds. The fraction of sp³-hybridized carbons (Fsp3) is 0.375. The lowest BCUT2D eigenvalue weighted by Crippen LogP contribution is -2.39. The minimum absolute atomic E-state index is 0.0267. The minimum Gasteiger partial charge on any atom is -0.382 e. The first-order chi connectivity index (χ1) is 12.3. The van der Waals surface area contributed by atoms with Crippen LogP contribution in [0.5, 0.6) is 0 Å². The van der Waals surface area contributed by atoms with E-state index in [1.165, 1.54) is 6.07 Å². The summed E-state index contributed by atoms with van der Waals surface area (Å²) in [5.74, 6) is 0.643. The molecule has 0 atom stereocenters. The third-order valence-electron chi connectivity index (χ3n) is 4.15. The number of aromatic nitrogens is 2. The first-order valence-electron chi connectivity index (χ1n) is 7.97. The average Bonchev–Trinajstić information content (AvgIpc) is 2.62. The Kier molecular flexibility index (Phi) is 5.03. The van der Waals surface area contributed by atoms with Crippen LogP contribution in [0.15, 0.2) is 47.6 Å². The van der Waals surface area contributed by atoms with Gasteiger partial charge in [-0.1, -0.05) is 6.07 Å². The summed E-state index contributed by atoms with van der Waals surface area (Å²) in [5, 5.41) is 3.12. The van der Waals surface area contributed by atoms with E-state index in [0.29, 0.717) is 24.7 Å². The molecule has 1 fully saturated rings. The number of nitrogens with one attached hydrogen (secondary N) is 1. The van der Waals surface area contributed by atoms with Gasteiger partial charge in [-0.15, -0.1) is 0 Å². The summed E-state index contributed by atoms with van der Waals surface area (Å²) in [6.07, 6.45) is 4.79. The number of anilines is 2. The maximum Gasteiger partial charge on any atom is 0.501 e. The number of nitrogens with zero attached hydrogens (tertiary/aromatic N) is 3. The molecule has 1 aromatic heterocycles. The first kappa shape index (κ1) is 18.4. The Labute approximate surface area is 149 Å². The smallest absolute Gasteiger partial charge is 0.382 e. The van der Waals surface area contributed by atoms with Crippen LogP contribution in [0.3, 0.4) is 0 Å². The fourth-order valence-electron chi connectivity index (χ4n) is 2.80. The Morgan fingerprint density at radius 1 is 1.08 bits per heavy atom. The summed E-state index contributed by atoms with van der Waals surface area (Å²) in [6.45, 7) is 1.39. The van der Waals surface area contributed by atoms with Crippen LogP contribution in [0.2, 0.25) is 0 Å². The zero-order valence-corrected chi connectivity index (χ0v) is 14.5. The van der Waals surface area contributed by atoms with Crippen LogP contribution in [0.25, 0.3) is 0 Å². The fourth-order valence-corrected chi connectivity index (χ4v) is 3.61. The van der Waals surface area contributed by atoms with Gasteiger partial charge in [-0.3, -0.25) is 0 Å². The van der Waals surface area contributed by atoms with E-state index in [1.807, 2.05) is 4.90 Å². The zero-order valence-electron chi connectivity index (χ0n) is 13.6. The van der Waals surface area contributed by atoms with Crippen molar-refractivity contribution in [3.63, 3.8) is 0 Å². The molecule has 0 aliphatic carbocycles. The van der Waals surface area contributed by atoms with Gasteiger partial charge in [0.05, 0.1) is 4.90 Å². The van der Waals surface area contributed by atoms with Crippen molar-refractivity contribution in [2.75, 3.05) is 23.3 Å². The van der Waals surface area contributed by atoms with Crippen LogP contribution in [0.4, 0.5) is 24.8 Å². The van der Waals surface area contributed by atoms with Gasteiger partial charge in [0.2, 0.25) is 5.95 Å². The van der Waals surface area contributed by atoms with Gasteiger partial charge < -0.3 is 10.2 Å². The number of halogens is 3. The van der Waals surface area contributed by atoms with Crippen LogP contribution < -0.4 is 10.2 Å². The van der Waals surface area contributed by atoms with E-state index in [4.69, 9.17) is 0 Å². The average molecular weight is 386 g/mol. The van der Waals surface area contributed by atoms with Gasteiger partial charge in [0.1, 0.15) is 0 Å². The number of hydrogen-bond donors (Lipinski definition) is 1. The molecule has 1 N–H and O–H groups in total. The zero-order chi connectivity index (χ0) is 18.8. The molecular weight excluding hydrogens is 369 g/mol. The van der Waals surface area contributed by atoms with Crippen molar-refractivity contribution >= 4 is 21.5 Å². The lowest BCUT2D eigenvalue weighted by molar-refractivity contribution is -0.0435. The SMILES string of the molecule is O=S(=O)(c1cccc(NC2CCN(c3ncccn3)CC2)c1)C(F)(F)F. The summed E-state index contributed by atoms with van der Waals surface area (Å²) < 4.78 is 61.1. The van der Waals surface area contributed by atoms with E-state index >= 15 is 0 Å². The molecular formula is C16H17F3N4O2S. The Balaban J connectivity index is 1.65. The molecule has 0 radical (unpaired) electrons. The second-order valence-corrected chi connectivity index (χ2v) is 7.87. The molecule has 140 valence electrons. The van der Waals surface area contributed by atoms with Crippen molar-refractivity contribution < 1.29 is 21.6 Å². The third kappa shape index (κ3) is 3.90. The predicted octanol–water partition coefficient (Wildman–Crippen LogP) is 2.85. The lowest BCUT2D eigenvalue weighted by Gasteiger charge is -2.32. The normalized spacial score (nSPS) is 16.5. The number of piperidine rings is 1. The van der Waals surface area contributed by atoms with Gasteiger partial charge in [0.25, 0.3) is 9.84 Å². The van der Waals surface area contributed by atoms with Gasteiger partial charge in [0.15, 0.2) is 0 Å². The van der Waals surface area contributed by atoms with Crippen LogP contribution in [-0.2, 0) is 9.84 Å². The Morgan fingerprint density at radius 2 is 1.73 bits per heavy atom. The van der Waals surface area contributed by atoms with Gasteiger partial charge >= 0.3 is 5.51 Å². The maximum atomic E-state index is 12.7. The lowest BCUT2D eigenvalue weighted by atomic mass is 10.0. The summed E-state index contributed by atoms with van der Waals surface area (Å²) in [7, 11) is -5.35. The van der Waals surface area contributed by atoms with Crippen molar-refractivity contribution in [1.82, 2.24) is 9.97 Å². The highest BCUT2D eigenvalue weighted by Gasteiger charge is 2.46. The van der Waals surface area contributed by atoms with Crippen LogP contribution in [-0.4, -0.2) is 43.0 Å². The van der Waals surface area contributed by atoms with Crippen molar-refractivity contribution in [3.05, 3.63) is 42.7 Å². The van der Waals surface area contributed by atoms with Crippen LogP contribution in [0, 0.1) is 0 Å². The molecule has 1 aliphatic rings. The second-order valence-electron chi connectivity index (χ2n) is 5.93. The molecule has 3 rings (SSSR count). The molecule has 0 spiro atoms. The second kappa shape index (κ2) is 7.10. The van der Waals surface area contributed by atoms with Gasteiger partial charge in [-0.05, 0) is 37.1 Å². The first-order valence-corrected chi connectivity index (χ1v) is 9.45. The highest BCUT2D eigenvalue weighted by Crippen LogP contribution is 2.31. The number of alkyl halides is 3. The van der Waals surface area contributed by atoms with Crippen LogP contribution >= 0.6 is 0 Å². The molecule has 1 aliphatic heterocycles. The molecule has 1 saturated heterocycles. The summed E-state index contributed by atoms with van der Waals surface area (Å²) in [6, 6.07) is 6.59. The highest BCUT2D eigenvalue weighted by atomic mass is 32.2. The van der Waals surface area contributed by atoms with E-state index in [2.05, 4.69) is 15.3 Å². The van der Waals surface area contributed by atoms with Gasteiger partial charge in [-0.25, -0.2) is 18.4 Å². The molecule has 6 nitrogen and oxygen atoms in total. The predicted molar refractivity (Wildman–Crippen MR) is 90.6 cm³/mol. The maximum absolute atomic E-state index is 12.7. The molecule has 26 heavy (non-hydrogen) atoms. The Bertz CT molecular complexity index is 851. The van der Waals surface area contributed by atoms with Crippen molar-refractivity contribution in [2.24, 2.45) is 0 Å². The largest absolute Gasteiger partial charge is 0.501 e. The standard InChI is InChI=1S/C16H17F3N4O2S/c17-16(18,19)26(24,25)14-4-1-3-13(11-14)22-12-5-9-23(10-6-12)15-20-7-2-8-21-15/h1-4,7-8,11-12,22H,5-6,9-10H2. The van der Waals surface area contributed by atoms with Crippen molar-refractivity contribution in [2.45, 2.75) is 29.3 Å². The highest BCUT2D eigenvalue weighted by molar-refractivity contribution is 7.92. The molecule has 2 heterocycles. The quantitative estimate of drug-likeness (QED) is 0.871. The molecule has 0 unspecified atom stereocenters. The summed E-state index contributed by atoms with van der Waals surface area (Å²) in [4.78, 5) is 9.66. The third-order valence-corrected chi connectivity index (χ3v) is 5.63. The summed E-state index contributed by atoms with van der Waals surface area (Å²) >= 11 is 0. The molecule has 2 aromatic rings. The Morgan fingerprint density at radius 3 is 2.35 bits per heavy atom. The number of sulfone groups is 1. The van der Waals surface area contributed by atoms with Gasteiger partial charge in [-0.2, -0.15) is 13.2 Å². The van der Waals surface area contributed by atoms with E-state index in [0.717, 1.165) is 25.0 Å². The number of rotatable bonds is 4. The van der Waals surface area contributed by atoms with Crippen molar-refractivity contribution in [3.8, 4) is 0 Å². The molecule has 0 saturated carbocycles. The number of hydrogen-bond acceptors (Lipinski definition) is 6. The van der Waals surface area contributed by atoms with Gasteiger partial charge in [0, 0.05) is 37.2 Å². The molecule has 0 bridgehead atoms. The Hall–Kier alpha value is -2.36. The van der Waals surface area contributed by atoms with Crippen LogP contribution in [0.1, 0.15) is 12.8 Å². The molecule has 1 aromatic carbocycles.